The Bertz CT molecular complexity index is 980. The Balaban J connectivity index is 1.57. The van der Waals surface area contributed by atoms with E-state index >= 15 is 0 Å². The van der Waals surface area contributed by atoms with Crippen molar-refractivity contribution in [3.63, 3.8) is 0 Å². The monoisotopic (exact) mass is 431 g/mol. The first-order chi connectivity index (χ1) is 13.6. The molecule has 3 aromatic rings. The molecule has 29 heavy (non-hydrogen) atoms. The van der Waals surface area contributed by atoms with Gasteiger partial charge in [-0.3, -0.25) is 0 Å². The Morgan fingerprint density at radius 1 is 1.10 bits per heavy atom. The maximum absolute atomic E-state index is 6.54. The van der Waals surface area contributed by atoms with E-state index in [2.05, 4.69) is 65.4 Å². The van der Waals surface area contributed by atoms with Crippen molar-refractivity contribution < 1.29 is 0 Å². The van der Waals surface area contributed by atoms with Gasteiger partial charge in [-0.1, -0.05) is 22.9 Å². The second kappa shape index (κ2) is 7.34. The molecular formula is C20H26ClN7S. The summed E-state index contributed by atoms with van der Waals surface area (Å²) in [5.74, 6) is 0. The number of hydrogen-bond acceptors (Lipinski definition) is 7. The van der Waals surface area contributed by atoms with Crippen LogP contribution in [0.2, 0.25) is 5.02 Å². The van der Waals surface area contributed by atoms with E-state index in [1.807, 2.05) is 18.2 Å². The summed E-state index contributed by atoms with van der Waals surface area (Å²) in [6.07, 6.45) is 5.37. The smallest absolute Gasteiger partial charge is 0.208 e. The molecule has 0 atom stereocenters. The lowest BCUT2D eigenvalue weighted by Crippen LogP contribution is -2.61. The van der Waals surface area contributed by atoms with Crippen molar-refractivity contribution in [1.29, 1.82) is 0 Å². The molecule has 1 saturated heterocycles. The van der Waals surface area contributed by atoms with Gasteiger partial charge in [0.15, 0.2) is 5.01 Å². The van der Waals surface area contributed by atoms with E-state index in [0.29, 0.717) is 11.1 Å². The van der Waals surface area contributed by atoms with Gasteiger partial charge in [0, 0.05) is 29.7 Å². The zero-order chi connectivity index (χ0) is 20.8. The molecule has 0 aliphatic carbocycles. The fraction of sp³-hybridized carbons (Fsp3) is 0.500. The zero-order valence-corrected chi connectivity index (χ0v) is 18.9. The summed E-state index contributed by atoms with van der Waals surface area (Å²) in [5.41, 5.74) is 1.83. The molecular weight excluding hydrogens is 406 g/mol. The van der Waals surface area contributed by atoms with Crippen LogP contribution in [0, 0.1) is 0 Å². The first kappa shape index (κ1) is 20.3. The Kier molecular flexibility index (Phi) is 5.13. The second-order valence-electron chi connectivity index (χ2n) is 8.94. The van der Waals surface area contributed by atoms with Crippen molar-refractivity contribution in [2.24, 2.45) is 0 Å². The number of piperidine rings is 1. The lowest BCUT2D eigenvalue weighted by atomic mass is 9.79. The van der Waals surface area contributed by atoms with E-state index in [-0.39, 0.29) is 11.1 Å². The molecule has 154 valence electrons. The summed E-state index contributed by atoms with van der Waals surface area (Å²) < 4.78 is 0. The van der Waals surface area contributed by atoms with Crippen molar-refractivity contribution in [3.8, 4) is 16.3 Å². The summed E-state index contributed by atoms with van der Waals surface area (Å²) in [6.45, 7) is 9.04. The van der Waals surface area contributed by atoms with Gasteiger partial charge in [-0.15, -0.1) is 10.2 Å². The van der Waals surface area contributed by atoms with Crippen molar-refractivity contribution >= 4 is 28.1 Å². The van der Waals surface area contributed by atoms with E-state index in [4.69, 9.17) is 11.6 Å². The fourth-order valence-corrected chi connectivity index (χ4v) is 5.55. The van der Waals surface area contributed by atoms with Crippen LogP contribution in [0.25, 0.3) is 16.3 Å². The number of hydrogen-bond donors (Lipinski definition) is 1. The number of anilines is 1. The van der Waals surface area contributed by atoms with Crippen LogP contribution in [0.15, 0.2) is 30.6 Å². The summed E-state index contributed by atoms with van der Waals surface area (Å²) in [5, 5.41) is 23.2. The Hall–Kier alpha value is -2.03. The van der Waals surface area contributed by atoms with Crippen LogP contribution in [-0.4, -0.2) is 49.4 Å². The quantitative estimate of drug-likeness (QED) is 0.667. The van der Waals surface area contributed by atoms with Crippen LogP contribution >= 0.6 is 22.9 Å². The lowest BCUT2D eigenvalue weighted by molar-refractivity contribution is 0.161. The minimum Gasteiger partial charge on any atom is -0.347 e. The molecule has 3 heterocycles. The molecule has 0 amide bonds. The van der Waals surface area contributed by atoms with Crippen molar-refractivity contribution in [2.75, 3.05) is 11.9 Å². The highest BCUT2D eigenvalue weighted by molar-refractivity contribution is 7.18. The molecule has 1 aliphatic heterocycles. The molecule has 2 aromatic heterocycles. The van der Waals surface area contributed by atoms with Crippen LogP contribution in [0.4, 0.5) is 5.13 Å². The minimum absolute atomic E-state index is 0.0773. The predicted octanol–water partition coefficient (Wildman–Crippen LogP) is 4.18. The minimum atomic E-state index is 0.0773. The molecule has 9 heteroatoms. The van der Waals surface area contributed by atoms with E-state index in [0.717, 1.165) is 34.2 Å². The highest BCUT2D eigenvalue weighted by atomic mass is 35.5. The summed E-state index contributed by atoms with van der Waals surface area (Å²) in [4.78, 5) is 3.80. The number of benzene rings is 1. The van der Waals surface area contributed by atoms with E-state index < -0.39 is 0 Å². The SMILES string of the molecule is CN(c1nnc(-c2ccc(-n3nccn3)cc2Cl)s1)C1CC(C)(C)NC(C)(C)C1. The summed E-state index contributed by atoms with van der Waals surface area (Å²) in [6, 6.07) is 6.12. The van der Waals surface area contributed by atoms with Crippen LogP contribution in [-0.2, 0) is 0 Å². The normalized spacial score (nSPS) is 18.7. The predicted molar refractivity (Wildman–Crippen MR) is 118 cm³/mol. The molecule has 0 bridgehead atoms. The van der Waals surface area contributed by atoms with Crippen LogP contribution in [0.5, 0.6) is 0 Å². The third-order valence-corrected chi connectivity index (χ3v) is 6.63. The van der Waals surface area contributed by atoms with Gasteiger partial charge < -0.3 is 10.2 Å². The van der Waals surface area contributed by atoms with Gasteiger partial charge in [-0.25, -0.2) is 0 Å². The van der Waals surface area contributed by atoms with Crippen molar-refractivity contribution in [2.45, 2.75) is 57.7 Å². The molecule has 1 aliphatic rings. The average molecular weight is 432 g/mol. The van der Waals surface area contributed by atoms with Crippen LogP contribution < -0.4 is 10.2 Å². The molecule has 1 aromatic carbocycles. The first-order valence-corrected chi connectivity index (χ1v) is 10.9. The number of aromatic nitrogens is 5. The van der Waals surface area contributed by atoms with Crippen molar-refractivity contribution in [1.82, 2.24) is 30.5 Å². The molecule has 1 fully saturated rings. The molecule has 1 N–H and O–H groups in total. The maximum atomic E-state index is 6.54. The molecule has 4 rings (SSSR count). The third kappa shape index (κ3) is 4.29. The second-order valence-corrected chi connectivity index (χ2v) is 10.3. The molecule has 0 saturated carbocycles. The third-order valence-electron chi connectivity index (χ3n) is 5.27. The molecule has 7 nitrogen and oxygen atoms in total. The largest absolute Gasteiger partial charge is 0.347 e. The summed E-state index contributed by atoms with van der Waals surface area (Å²) >= 11 is 8.11. The Labute approximate surface area is 180 Å². The number of rotatable bonds is 4. The molecule has 0 unspecified atom stereocenters. The highest BCUT2D eigenvalue weighted by Crippen LogP contribution is 2.37. The van der Waals surface area contributed by atoms with Gasteiger partial charge in [0.2, 0.25) is 5.13 Å². The summed E-state index contributed by atoms with van der Waals surface area (Å²) in [7, 11) is 2.11. The van der Waals surface area contributed by atoms with Gasteiger partial charge in [0.1, 0.15) is 0 Å². The van der Waals surface area contributed by atoms with Gasteiger partial charge in [0.25, 0.3) is 0 Å². The topological polar surface area (TPSA) is 71.8 Å². The van der Waals surface area contributed by atoms with Gasteiger partial charge in [-0.05, 0) is 58.7 Å². The standard InChI is InChI=1S/C20H26ClN7S/c1-19(2)11-14(12-20(3,4)26-19)27(5)18-25-24-17(29-18)15-7-6-13(10-16(15)21)28-22-8-9-23-28/h6-10,14,26H,11-12H2,1-5H3. The average Bonchev–Trinajstić information content (AvgIpc) is 3.30. The zero-order valence-electron chi connectivity index (χ0n) is 17.3. The van der Waals surface area contributed by atoms with E-state index in [9.17, 15) is 0 Å². The van der Waals surface area contributed by atoms with Gasteiger partial charge >= 0.3 is 0 Å². The van der Waals surface area contributed by atoms with E-state index in [1.54, 1.807) is 23.7 Å². The van der Waals surface area contributed by atoms with Crippen molar-refractivity contribution in [3.05, 3.63) is 35.6 Å². The first-order valence-electron chi connectivity index (χ1n) is 9.66. The number of nitrogens with one attached hydrogen (secondary N) is 1. The number of halogens is 1. The van der Waals surface area contributed by atoms with E-state index in [1.165, 1.54) is 4.80 Å². The van der Waals surface area contributed by atoms with Crippen LogP contribution in [0.1, 0.15) is 40.5 Å². The Morgan fingerprint density at radius 3 is 2.38 bits per heavy atom. The lowest BCUT2D eigenvalue weighted by Gasteiger charge is -2.48. The van der Waals surface area contributed by atoms with Crippen LogP contribution in [0.3, 0.4) is 0 Å². The van der Waals surface area contributed by atoms with Gasteiger partial charge in [-0.2, -0.15) is 15.0 Å². The molecule has 0 spiro atoms. The fourth-order valence-electron chi connectivity index (χ4n) is 4.32. The highest BCUT2D eigenvalue weighted by Gasteiger charge is 2.39. The number of nitrogens with zero attached hydrogens (tertiary/aromatic N) is 6. The molecule has 0 radical (unpaired) electrons. The Morgan fingerprint density at radius 2 is 1.76 bits per heavy atom. The maximum Gasteiger partial charge on any atom is 0.208 e. The van der Waals surface area contributed by atoms with Gasteiger partial charge in [0.05, 0.1) is 23.1 Å².